The van der Waals surface area contributed by atoms with Gasteiger partial charge < -0.3 is 15.0 Å². The van der Waals surface area contributed by atoms with Gasteiger partial charge in [-0.3, -0.25) is 4.79 Å². The Bertz CT molecular complexity index is 535. The molecule has 0 aromatic heterocycles. The number of nitrogens with one attached hydrogen (secondary N) is 1. The van der Waals surface area contributed by atoms with Crippen LogP contribution in [0.3, 0.4) is 0 Å². The normalized spacial score (nSPS) is 27.5. The van der Waals surface area contributed by atoms with Crippen molar-refractivity contribution < 1.29 is 9.53 Å². The predicted molar refractivity (Wildman–Crippen MR) is 89.1 cm³/mol. The summed E-state index contributed by atoms with van der Waals surface area (Å²) in [6.45, 7) is 0.820. The maximum atomic E-state index is 11.9. The summed E-state index contributed by atoms with van der Waals surface area (Å²) in [4.78, 5) is 14.9. The highest BCUT2D eigenvalue weighted by molar-refractivity contribution is 7.99. The Morgan fingerprint density at radius 3 is 2.95 bits per heavy atom. The van der Waals surface area contributed by atoms with Crippen LogP contribution in [-0.4, -0.2) is 49.4 Å². The number of thioether (sulfide) groups is 1. The molecule has 1 aromatic rings. The van der Waals surface area contributed by atoms with Gasteiger partial charge in [-0.05, 0) is 36.6 Å². The molecule has 2 aliphatic heterocycles. The van der Waals surface area contributed by atoms with E-state index >= 15 is 0 Å². The third-order valence-electron chi connectivity index (χ3n) is 4.37. The van der Waals surface area contributed by atoms with E-state index in [4.69, 9.17) is 4.74 Å². The zero-order valence-electron chi connectivity index (χ0n) is 13.2. The van der Waals surface area contributed by atoms with Gasteiger partial charge >= 0.3 is 0 Å². The third-order valence-corrected chi connectivity index (χ3v) is 5.50. The van der Waals surface area contributed by atoms with Gasteiger partial charge in [0, 0.05) is 31.6 Å². The average molecular weight is 320 g/mol. The van der Waals surface area contributed by atoms with Crippen LogP contribution in [0.5, 0.6) is 0 Å². The Balaban J connectivity index is 1.53. The van der Waals surface area contributed by atoms with E-state index in [1.165, 1.54) is 10.5 Å². The van der Waals surface area contributed by atoms with Gasteiger partial charge in [0.05, 0.1) is 6.10 Å². The van der Waals surface area contributed by atoms with E-state index in [-0.39, 0.29) is 18.1 Å². The molecule has 4 nitrogen and oxygen atoms in total. The lowest BCUT2D eigenvalue weighted by Gasteiger charge is -2.27. The minimum absolute atomic E-state index is 0.0851. The van der Waals surface area contributed by atoms with Crippen LogP contribution in [0.4, 0.5) is 0 Å². The second-order valence-corrected chi connectivity index (χ2v) is 7.33. The first kappa shape index (κ1) is 15.8. The number of carbonyl (C=O) groups is 1. The lowest BCUT2D eigenvalue weighted by Crippen LogP contribution is -2.36. The van der Waals surface area contributed by atoms with E-state index < -0.39 is 0 Å². The minimum Gasteiger partial charge on any atom is -0.364 e. The number of nitrogens with zero attached hydrogens (tertiary/aromatic N) is 1. The summed E-state index contributed by atoms with van der Waals surface area (Å²) < 4.78 is 5.90. The molecule has 1 aromatic carbocycles. The molecule has 3 rings (SSSR count). The van der Waals surface area contributed by atoms with Crippen LogP contribution in [0.2, 0.25) is 0 Å². The molecule has 5 heteroatoms. The zero-order chi connectivity index (χ0) is 15.5. The Morgan fingerprint density at radius 1 is 1.32 bits per heavy atom. The number of benzene rings is 1. The summed E-state index contributed by atoms with van der Waals surface area (Å²) in [5, 5.41) is 3.65. The number of hydrogen-bond acceptors (Lipinski definition) is 4. The van der Waals surface area contributed by atoms with E-state index in [1.807, 2.05) is 11.8 Å². The highest BCUT2D eigenvalue weighted by atomic mass is 32.2. The SMILES string of the molecule is CN(C)C(=O)[C@@H]1CC[C@@H](CN[C@H]2CCSc3ccccc32)O1. The van der Waals surface area contributed by atoms with Crippen molar-refractivity contribution in [2.45, 2.75) is 42.4 Å². The van der Waals surface area contributed by atoms with Gasteiger partial charge in [-0.2, -0.15) is 0 Å². The second-order valence-electron chi connectivity index (χ2n) is 6.19. The molecule has 3 atom stereocenters. The Morgan fingerprint density at radius 2 is 2.14 bits per heavy atom. The number of fused-ring (bicyclic) bond motifs is 1. The van der Waals surface area contributed by atoms with E-state index in [2.05, 4.69) is 29.6 Å². The molecule has 2 heterocycles. The monoisotopic (exact) mass is 320 g/mol. The van der Waals surface area contributed by atoms with Crippen molar-refractivity contribution in [1.29, 1.82) is 0 Å². The Labute approximate surface area is 136 Å². The summed E-state index contributed by atoms with van der Waals surface area (Å²) in [5.74, 6) is 1.24. The van der Waals surface area contributed by atoms with Crippen molar-refractivity contribution in [2.75, 3.05) is 26.4 Å². The quantitative estimate of drug-likeness (QED) is 0.925. The van der Waals surface area contributed by atoms with Crippen molar-refractivity contribution >= 4 is 17.7 Å². The molecule has 22 heavy (non-hydrogen) atoms. The first-order valence-electron chi connectivity index (χ1n) is 7.97. The number of rotatable bonds is 4. The number of ether oxygens (including phenoxy) is 1. The van der Waals surface area contributed by atoms with Crippen molar-refractivity contribution in [2.24, 2.45) is 0 Å². The fraction of sp³-hybridized carbons (Fsp3) is 0.588. The largest absolute Gasteiger partial charge is 0.364 e. The summed E-state index contributed by atoms with van der Waals surface area (Å²) >= 11 is 1.94. The lowest BCUT2D eigenvalue weighted by atomic mass is 10.0. The Hall–Kier alpha value is -1.04. The van der Waals surface area contributed by atoms with E-state index in [0.717, 1.165) is 31.6 Å². The summed E-state index contributed by atoms with van der Waals surface area (Å²) in [7, 11) is 3.57. The molecule has 0 radical (unpaired) electrons. The van der Waals surface area contributed by atoms with Crippen molar-refractivity contribution in [3.8, 4) is 0 Å². The predicted octanol–water partition coefficient (Wildman–Crippen LogP) is 2.45. The molecule has 1 N–H and O–H groups in total. The molecule has 1 saturated heterocycles. The maximum Gasteiger partial charge on any atom is 0.251 e. The van der Waals surface area contributed by atoms with Gasteiger partial charge in [-0.15, -0.1) is 11.8 Å². The molecular weight excluding hydrogens is 296 g/mol. The standard InChI is InChI=1S/C17H24N2O2S/c1-19(2)17(20)15-8-7-12(21-15)11-18-14-9-10-22-16-6-4-3-5-13(14)16/h3-6,12,14-15,18H,7-11H2,1-2H3/t12-,14-,15-/m0/s1. The molecule has 0 unspecified atom stereocenters. The number of likely N-dealkylation sites (N-methyl/N-ethyl adjacent to an activating group) is 1. The van der Waals surface area contributed by atoms with E-state index in [0.29, 0.717) is 6.04 Å². The lowest BCUT2D eigenvalue weighted by molar-refractivity contribution is -0.140. The van der Waals surface area contributed by atoms with Crippen LogP contribution < -0.4 is 5.32 Å². The molecule has 0 bridgehead atoms. The van der Waals surface area contributed by atoms with Gasteiger partial charge in [0.25, 0.3) is 5.91 Å². The molecule has 0 saturated carbocycles. The topological polar surface area (TPSA) is 41.6 Å². The van der Waals surface area contributed by atoms with Crippen LogP contribution in [0.25, 0.3) is 0 Å². The maximum absolute atomic E-state index is 11.9. The van der Waals surface area contributed by atoms with Gasteiger partial charge in [0.1, 0.15) is 6.10 Å². The van der Waals surface area contributed by atoms with E-state index in [9.17, 15) is 4.79 Å². The van der Waals surface area contributed by atoms with Gasteiger partial charge in [0.2, 0.25) is 0 Å². The summed E-state index contributed by atoms with van der Waals surface area (Å²) in [5.41, 5.74) is 1.40. The Kier molecular flexibility index (Phi) is 5.06. The number of carbonyl (C=O) groups excluding carboxylic acids is 1. The van der Waals surface area contributed by atoms with Gasteiger partial charge in [0.15, 0.2) is 0 Å². The van der Waals surface area contributed by atoms with Crippen molar-refractivity contribution in [3.05, 3.63) is 29.8 Å². The first-order chi connectivity index (χ1) is 10.6. The molecule has 2 aliphatic rings. The van der Waals surface area contributed by atoms with Crippen molar-refractivity contribution in [3.63, 3.8) is 0 Å². The van der Waals surface area contributed by atoms with Crippen LogP contribution in [0, 0.1) is 0 Å². The van der Waals surface area contributed by atoms with Gasteiger partial charge in [-0.25, -0.2) is 0 Å². The smallest absolute Gasteiger partial charge is 0.251 e. The molecule has 1 fully saturated rings. The van der Waals surface area contributed by atoms with Crippen LogP contribution in [0.1, 0.15) is 30.9 Å². The minimum atomic E-state index is -0.254. The molecular formula is C17H24N2O2S. The third kappa shape index (κ3) is 3.47. The van der Waals surface area contributed by atoms with Crippen molar-refractivity contribution in [1.82, 2.24) is 10.2 Å². The van der Waals surface area contributed by atoms with Crippen LogP contribution in [-0.2, 0) is 9.53 Å². The van der Waals surface area contributed by atoms with Crippen LogP contribution >= 0.6 is 11.8 Å². The fourth-order valence-electron chi connectivity index (χ4n) is 3.15. The summed E-state index contributed by atoms with van der Waals surface area (Å²) in [6.07, 6.45) is 2.83. The first-order valence-corrected chi connectivity index (χ1v) is 8.95. The highest BCUT2D eigenvalue weighted by Crippen LogP contribution is 2.36. The number of amides is 1. The highest BCUT2D eigenvalue weighted by Gasteiger charge is 2.32. The molecule has 120 valence electrons. The molecule has 1 amide bonds. The summed E-state index contributed by atoms with van der Waals surface area (Å²) in [6, 6.07) is 9.03. The second kappa shape index (κ2) is 7.02. The zero-order valence-corrected chi connectivity index (χ0v) is 14.1. The van der Waals surface area contributed by atoms with Gasteiger partial charge in [-0.1, -0.05) is 18.2 Å². The average Bonchev–Trinajstić information content (AvgIpc) is 3.01. The molecule has 0 aliphatic carbocycles. The van der Waals surface area contributed by atoms with E-state index in [1.54, 1.807) is 19.0 Å². The number of hydrogen-bond donors (Lipinski definition) is 1. The fourth-order valence-corrected chi connectivity index (χ4v) is 4.28. The van der Waals surface area contributed by atoms with Crippen LogP contribution in [0.15, 0.2) is 29.2 Å². The molecule has 0 spiro atoms.